The SMILES string of the molecule is Nc1nc(-c2c[nH]c3ncc(F)cc23)c2cncn2n1. The highest BCUT2D eigenvalue weighted by molar-refractivity contribution is 5.96. The fraction of sp³-hybridized carbons (Fsp3) is 0. The fourth-order valence-corrected chi connectivity index (χ4v) is 2.21. The molecule has 0 aromatic carbocycles. The van der Waals surface area contributed by atoms with Crippen molar-refractivity contribution in [3.8, 4) is 11.3 Å². The monoisotopic (exact) mass is 269 g/mol. The molecular formula is C12H8FN7. The Morgan fingerprint density at radius 2 is 2.20 bits per heavy atom. The molecule has 20 heavy (non-hydrogen) atoms. The molecule has 3 N–H and O–H groups in total. The van der Waals surface area contributed by atoms with Crippen molar-refractivity contribution in [1.29, 1.82) is 0 Å². The first-order chi connectivity index (χ1) is 9.72. The van der Waals surface area contributed by atoms with Crippen molar-refractivity contribution in [3.63, 3.8) is 0 Å². The van der Waals surface area contributed by atoms with Crippen LogP contribution in [0.5, 0.6) is 0 Å². The van der Waals surface area contributed by atoms with Gasteiger partial charge in [0.05, 0.1) is 12.4 Å². The summed E-state index contributed by atoms with van der Waals surface area (Å²) < 4.78 is 14.9. The predicted octanol–water partition coefficient (Wildman–Crippen LogP) is 1.39. The average molecular weight is 269 g/mol. The number of rotatable bonds is 1. The third-order valence-electron chi connectivity index (χ3n) is 3.05. The number of nitrogens with zero attached hydrogens (tertiary/aromatic N) is 5. The average Bonchev–Trinajstić information content (AvgIpc) is 3.03. The second kappa shape index (κ2) is 3.73. The van der Waals surface area contributed by atoms with Gasteiger partial charge in [0.1, 0.15) is 29.0 Å². The Labute approximate surface area is 111 Å². The molecule has 0 aliphatic carbocycles. The molecular weight excluding hydrogens is 261 g/mol. The lowest BCUT2D eigenvalue weighted by Gasteiger charge is -2.03. The van der Waals surface area contributed by atoms with Crippen molar-refractivity contribution < 1.29 is 4.39 Å². The second-order valence-corrected chi connectivity index (χ2v) is 4.29. The van der Waals surface area contributed by atoms with Crippen molar-refractivity contribution >= 4 is 22.5 Å². The highest BCUT2D eigenvalue weighted by Gasteiger charge is 2.14. The van der Waals surface area contributed by atoms with E-state index in [1.165, 1.54) is 16.9 Å². The summed E-state index contributed by atoms with van der Waals surface area (Å²) in [6, 6.07) is 1.40. The number of aromatic amines is 1. The molecule has 0 saturated carbocycles. The molecule has 0 amide bonds. The molecule has 0 radical (unpaired) electrons. The number of nitrogen functional groups attached to an aromatic ring is 1. The lowest BCUT2D eigenvalue weighted by molar-refractivity contribution is 0.624. The van der Waals surface area contributed by atoms with Crippen LogP contribution >= 0.6 is 0 Å². The molecule has 4 aromatic heterocycles. The van der Waals surface area contributed by atoms with Gasteiger partial charge in [0, 0.05) is 17.1 Å². The Balaban J connectivity index is 2.10. The topological polar surface area (TPSA) is 97.8 Å². The molecule has 8 heteroatoms. The van der Waals surface area contributed by atoms with Gasteiger partial charge in [-0.1, -0.05) is 0 Å². The number of fused-ring (bicyclic) bond motifs is 2. The lowest BCUT2D eigenvalue weighted by atomic mass is 10.1. The van der Waals surface area contributed by atoms with Crippen LogP contribution in [0, 0.1) is 5.82 Å². The van der Waals surface area contributed by atoms with Gasteiger partial charge in [-0.2, -0.15) is 0 Å². The van der Waals surface area contributed by atoms with Gasteiger partial charge in [-0.25, -0.2) is 23.9 Å². The van der Waals surface area contributed by atoms with Gasteiger partial charge in [-0.15, -0.1) is 5.10 Å². The summed E-state index contributed by atoms with van der Waals surface area (Å²) in [7, 11) is 0. The van der Waals surface area contributed by atoms with Crippen LogP contribution in [0.3, 0.4) is 0 Å². The first-order valence-electron chi connectivity index (χ1n) is 5.81. The Morgan fingerprint density at radius 3 is 3.10 bits per heavy atom. The van der Waals surface area contributed by atoms with Gasteiger partial charge in [0.25, 0.3) is 0 Å². The first-order valence-corrected chi connectivity index (χ1v) is 5.81. The van der Waals surface area contributed by atoms with Crippen LogP contribution in [0.2, 0.25) is 0 Å². The highest BCUT2D eigenvalue weighted by atomic mass is 19.1. The Morgan fingerprint density at radius 1 is 1.30 bits per heavy atom. The Hall–Kier alpha value is -3.03. The zero-order valence-electron chi connectivity index (χ0n) is 10.1. The van der Waals surface area contributed by atoms with Crippen LogP contribution in [-0.2, 0) is 0 Å². The van der Waals surface area contributed by atoms with Crippen LogP contribution in [-0.4, -0.2) is 29.5 Å². The summed E-state index contributed by atoms with van der Waals surface area (Å²) in [6.07, 6.45) is 6.03. The third-order valence-corrected chi connectivity index (χ3v) is 3.05. The minimum atomic E-state index is -0.412. The molecule has 0 aliphatic heterocycles. The largest absolute Gasteiger partial charge is 0.367 e. The highest BCUT2D eigenvalue weighted by Crippen LogP contribution is 2.29. The van der Waals surface area contributed by atoms with Crippen molar-refractivity contribution in [1.82, 2.24) is 29.5 Å². The summed E-state index contributed by atoms with van der Waals surface area (Å²) in [5, 5.41) is 4.66. The number of hydrogen-bond donors (Lipinski definition) is 2. The number of nitrogens with two attached hydrogens (primary N) is 1. The second-order valence-electron chi connectivity index (χ2n) is 4.29. The van der Waals surface area contributed by atoms with Crippen molar-refractivity contribution in [2.24, 2.45) is 0 Å². The van der Waals surface area contributed by atoms with E-state index in [0.29, 0.717) is 27.8 Å². The number of imidazole rings is 1. The standard InChI is InChI=1S/C12H8FN7/c13-6-1-7-8(3-17-11(7)16-2-6)10-9-4-15-5-20(9)19-12(14)18-10/h1-5H,(H2,14,19)(H,16,17). The molecule has 0 fully saturated rings. The van der Waals surface area contributed by atoms with E-state index in [1.54, 1.807) is 12.4 Å². The smallest absolute Gasteiger partial charge is 0.239 e. The molecule has 0 saturated heterocycles. The minimum absolute atomic E-state index is 0.115. The van der Waals surface area contributed by atoms with E-state index in [4.69, 9.17) is 5.73 Å². The normalized spacial score (nSPS) is 11.4. The van der Waals surface area contributed by atoms with E-state index in [1.807, 2.05) is 0 Å². The van der Waals surface area contributed by atoms with Gasteiger partial charge >= 0.3 is 0 Å². The molecule has 4 heterocycles. The van der Waals surface area contributed by atoms with Crippen molar-refractivity contribution in [3.05, 3.63) is 36.8 Å². The molecule has 7 nitrogen and oxygen atoms in total. The number of halogens is 1. The number of hydrogen-bond acceptors (Lipinski definition) is 5. The number of aromatic nitrogens is 6. The summed E-state index contributed by atoms with van der Waals surface area (Å²) in [6.45, 7) is 0. The molecule has 98 valence electrons. The number of H-pyrrole nitrogens is 1. The van der Waals surface area contributed by atoms with Crippen LogP contribution in [0.15, 0.2) is 31.0 Å². The molecule has 4 rings (SSSR count). The number of pyridine rings is 1. The maximum atomic E-state index is 13.4. The number of nitrogens with one attached hydrogen (secondary N) is 1. The predicted molar refractivity (Wildman–Crippen MR) is 70.2 cm³/mol. The van der Waals surface area contributed by atoms with E-state index < -0.39 is 5.82 Å². The lowest BCUT2D eigenvalue weighted by Crippen LogP contribution is -2.02. The van der Waals surface area contributed by atoms with Gasteiger partial charge in [-0.05, 0) is 6.07 Å². The maximum absolute atomic E-state index is 13.4. The summed E-state index contributed by atoms with van der Waals surface area (Å²) in [5.74, 6) is -0.297. The van der Waals surface area contributed by atoms with Gasteiger partial charge in [0.15, 0.2) is 0 Å². The van der Waals surface area contributed by atoms with Crippen molar-refractivity contribution in [2.45, 2.75) is 0 Å². The summed E-state index contributed by atoms with van der Waals surface area (Å²) in [5.41, 5.74) is 8.24. The van der Waals surface area contributed by atoms with Gasteiger partial charge in [-0.3, -0.25) is 0 Å². The van der Waals surface area contributed by atoms with Crippen molar-refractivity contribution in [2.75, 3.05) is 5.73 Å². The number of anilines is 1. The van der Waals surface area contributed by atoms with Crippen LogP contribution < -0.4 is 5.73 Å². The Kier molecular flexibility index (Phi) is 2.02. The van der Waals surface area contributed by atoms with Gasteiger partial charge in [0.2, 0.25) is 5.95 Å². The molecule has 0 bridgehead atoms. The first kappa shape index (κ1) is 10.9. The molecule has 0 atom stereocenters. The van der Waals surface area contributed by atoms with E-state index in [9.17, 15) is 4.39 Å². The zero-order valence-corrected chi connectivity index (χ0v) is 10.1. The molecule has 0 spiro atoms. The van der Waals surface area contributed by atoms with Crippen LogP contribution in [0.1, 0.15) is 0 Å². The zero-order chi connectivity index (χ0) is 13.7. The maximum Gasteiger partial charge on any atom is 0.239 e. The van der Waals surface area contributed by atoms with E-state index in [0.717, 1.165) is 6.20 Å². The summed E-state index contributed by atoms with van der Waals surface area (Å²) >= 11 is 0. The molecule has 0 unspecified atom stereocenters. The van der Waals surface area contributed by atoms with E-state index in [2.05, 4.69) is 25.0 Å². The van der Waals surface area contributed by atoms with E-state index in [-0.39, 0.29) is 5.95 Å². The van der Waals surface area contributed by atoms with E-state index >= 15 is 0 Å². The van der Waals surface area contributed by atoms with Gasteiger partial charge < -0.3 is 10.7 Å². The molecule has 4 aromatic rings. The summed E-state index contributed by atoms with van der Waals surface area (Å²) in [4.78, 5) is 15.2. The van der Waals surface area contributed by atoms with Crippen LogP contribution in [0.25, 0.3) is 27.8 Å². The van der Waals surface area contributed by atoms with Crippen LogP contribution in [0.4, 0.5) is 10.3 Å². The third kappa shape index (κ3) is 1.44. The Bertz CT molecular complexity index is 939. The minimum Gasteiger partial charge on any atom is -0.367 e. The molecule has 0 aliphatic rings. The quantitative estimate of drug-likeness (QED) is 0.544. The fourth-order valence-electron chi connectivity index (χ4n) is 2.21.